The second-order valence-corrected chi connectivity index (χ2v) is 5.08. The predicted octanol–water partition coefficient (Wildman–Crippen LogP) is 3.17. The van der Waals surface area contributed by atoms with Gasteiger partial charge in [0.25, 0.3) is 0 Å². The molecule has 1 aromatic rings. The third-order valence-electron chi connectivity index (χ3n) is 3.59. The van der Waals surface area contributed by atoms with E-state index in [-0.39, 0.29) is 0 Å². The number of hydrogen-bond acceptors (Lipinski definition) is 4. The molecule has 0 spiro atoms. The first-order chi connectivity index (χ1) is 8.69. The van der Waals surface area contributed by atoms with Gasteiger partial charge in [0.1, 0.15) is 0 Å². The van der Waals surface area contributed by atoms with Gasteiger partial charge in [-0.25, -0.2) is 4.98 Å². The standard InChI is InChI=1S/C14H23N3O/c1-4-18-13-9-10(2)15-14(17-13)16-11(3)12-7-5-6-8-12/h9,11-12H,4-8H2,1-3H3,(H,15,16,17). The smallest absolute Gasteiger partial charge is 0.226 e. The SMILES string of the molecule is CCOc1cc(C)nc(NC(C)C2CCCC2)n1. The van der Waals surface area contributed by atoms with Crippen molar-refractivity contribution in [3.63, 3.8) is 0 Å². The van der Waals surface area contributed by atoms with Crippen molar-refractivity contribution >= 4 is 5.95 Å². The Hall–Kier alpha value is -1.32. The Bertz CT molecular complexity index is 389. The van der Waals surface area contributed by atoms with Crippen molar-refractivity contribution in [3.8, 4) is 5.88 Å². The minimum atomic E-state index is 0.434. The summed E-state index contributed by atoms with van der Waals surface area (Å²) in [6, 6.07) is 2.30. The van der Waals surface area contributed by atoms with Gasteiger partial charge in [-0.15, -0.1) is 0 Å². The van der Waals surface area contributed by atoms with E-state index >= 15 is 0 Å². The zero-order chi connectivity index (χ0) is 13.0. The highest BCUT2D eigenvalue weighted by atomic mass is 16.5. The average molecular weight is 249 g/mol. The molecule has 1 N–H and O–H groups in total. The molecule has 0 aliphatic heterocycles. The normalized spacial score (nSPS) is 17.7. The Balaban J connectivity index is 2.03. The molecule has 18 heavy (non-hydrogen) atoms. The summed E-state index contributed by atoms with van der Waals surface area (Å²) in [7, 11) is 0. The van der Waals surface area contributed by atoms with Crippen molar-refractivity contribution < 1.29 is 4.74 Å². The fraction of sp³-hybridized carbons (Fsp3) is 0.714. The number of aromatic nitrogens is 2. The first kappa shape index (κ1) is 13.1. The number of ether oxygens (including phenoxy) is 1. The van der Waals surface area contributed by atoms with Crippen LogP contribution < -0.4 is 10.1 Å². The highest BCUT2D eigenvalue weighted by molar-refractivity contribution is 5.31. The van der Waals surface area contributed by atoms with Gasteiger partial charge in [0.15, 0.2) is 0 Å². The molecule has 0 bridgehead atoms. The largest absolute Gasteiger partial charge is 0.478 e. The van der Waals surface area contributed by atoms with E-state index in [4.69, 9.17) is 4.74 Å². The van der Waals surface area contributed by atoms with Crippen molar-refractivity contribution in [3.05, 3.63) is 11.8 Å². The van der Waals surface area contributed by atoms with Crippen LogP contribution in [0.3, 0.4) is 0 Å². The van der Waals surface area contributed by atoms with Crippen LogP contribution in [0.15, 0.2) is 6.07 Å². The van der Waals surface area contributed by atoms with Crippen LogP contribution in [0.2, 0.25) is 0 Å². The summed E-state index contributed by atoms with van der Waals surface area (Å²) in [4.78, 5) is 8.82. The van der Waals surface area contributed by atoms with Gasteiger partial charge in [-0.05, 0) is 39.5 Å². The molecule has 1 aliphatic carbocycles. The third-order valence-corrected chi connectivity index (χ3v) is 3.59. The number of hydrogen-bond donors (Lipinski definition) is 1. The van der Waals surface area contributed by atoms with Gasteiger partial charge in [-0.2, -0.15) is 4.98 Å². The zero-order valence-corrected chi connectivity index (χ0v) is 11.6. The van der Waals surface area contributed by atoms with Gasteiger partial charge in [-0.1, -0.05) is 12.8 Å². The molecule has 4 heteroatoms. The maximum atomic E-state index is 5.44. The predicted molar refractivity (Wildman–Crippen MR) is 73.0 cm³/mol. The Labute approximate surface area is 109 Å². The highest BCUT2D eigenvalue weighted by Gasteiger charge is 2.22. The molecule has 1 atom stereocenters. The number of rotatable bonds is 5. The van der Waals surface area contributed by atoms with Gasteiger partial charge in [0, 0.05) is 17.8 Å². The molecule has 1 unspecified atom stereocenters. The summed E-state index contributed by atoms with van der Waals surface area (Å²) in [5, 5.41) is 3.42. The van der Waals surface area contributed by atoms with Crippen LogP contribution in [0.5, 0.6) is 5.88 Å². The van der Waals surface area contributed by atoms with Crippen molar-refractivity contribution in [2.75, 3.05) is 11.9 Å². The third kappa shape index (κ3) is 3.34. The van der Waals surface area contributed by atoms with Crippen molar-refractivity contribution in [1.29, 1.82) is 0 Å². The molecule has 2 rings (SSSR count). The number of aryl methyl sites for hydroxylation is 1. The Morgan fingerprint density at radius 1 is 1.39 bits per heavy atom. The lowest BCUT2D eigenvalue weighted by Crippen LogP contribution is -2.25. The molecule has 1 fully saturated rings. The van der Waals surface area contributed by atoms with Gasteiger partial charge >= 0.3 is 0 Å². The van der Waals surface area contributed by atoms with Gasteiger partial charge in [0.2, 0.25) is 11.8 Å². The van der Waals surface area contributed by atoms with Crippen LogP contribution in [-0.4, -0.2) is 22.6 Å². The van der Waals surface area contributed by atoms with E-state index in [2.05, 4.69) is 22.2 Å². The molecule has 0 aromatic carbocycles. The Kier molecular flexibility index (Phi) is 4.39. The lowest BCUT2D eigenvalue weighted by molar-refractivity contribution is 0.326. The molecule has 4 nitrogen and oxygen atoms in total. The van der Waals surface area contributed by atoms with Crippen LogP contribution in [0.25, 0.3) is 0 Å². The maximum Gasteiger partial charge on any atom is 0.226 e. The summed E-state index contributed by atoms with van der Waals surface area (Å²) in [6.07, 6.45) is 5.35. The molecule has 1 heterocycles. The lowest BCUT2D eigenvalue weighted by atomic mass is 10.0. The zero-order valence-electron chi connectivity index (χ0n) is 11.6. The molecular weight excluding hydrogens is 226 g/mol. The summed E-state index contributed by atoms with van der Waals surface area (Å²) in [6.45, 7) is 6.79. The van der Waals surface area contributed by atoms with Crippen LogP contribution >= 0.6 is 0 Å². The van der Waals surface area contributed by atoms with E-state index in [1.54, 1.807) is 0 Å². The van der Waals surface area contributed by atoms with E-state index < -0.39 is 0 Å². The fourth-order valence-electron chi connectivity index (χ4n) is 2.60. The Morgan fingerprint density at radius 2 is 2.11 bits per heavy atom. The van der Waals surface area contributed by atoms with Gasteiger partial charge in [0.05, 0.1) is 6.61 Å². The monoisotopic (exact) mass is 249 g/mol. The maximum absolute atomic E-state index is 5.44. The van der Waals surface area contributed by atoms with E-state index in [9.17, 15) is 0 Å². The van der Waals surface area contributed by atoms with E-state index in [1.807, 2.05) is 19.9 Å². The first-order valence-electron chi connectivity index (χ1n) is 6.94. The summed E-state index contributed by atoms with van der Waals surface area (Å²) < 4.78 is 5.44. The Morgan fingerprint density at radius 3 is 2.78 bits per heavy atom. The summed E-state index contributed by atoms with van der Waals surface area (Å²) >= 11 is 0. The van der Waals surface area contributed by atoms with Crippen LogP contribution in [0.1, 0.15) is 45.2 Å². The van der Waals surface area contributed by atoms with E-state index in [1.165, 1.54) is 25.7 Å². The van der Waals surface area contributed by atoms with Crippen LogP contribution in [0.4, 0.5) is 5.95 Å². The molecule has 0 saturated heterocycles. The van der Waals surface area contributed by atoms with Gasteiger partial charge in [-0.3, -0.25) is 0 Å². The first-order valence-corrected chi connectivity index (χ1v) is 6.94. The highest BCUT2D eigenvalue weighted by Crippen LogP contribution is 2.28. The second kappa shape index (κ2) is 6.03. The number of anilines is 1. The number of nitrogens with one attached hydrogen (secondary N) is 1. The quantitative estimate of drug-likeness (QED) is 0.870. The van der Waals surface area contributed by atoms with Crippen molar-refractivity contribution in [2.24, 2.45) is 5.92 Å². The van der Waals surface area contributed by atoms with E-state index in [0.717, 1.165) is 11.6 Å². The van der Waals surface area contributed by atoms with Crippen LogP contribution in [-0.2, 0) is 0 Å². The minimum Gasteiger partial charge on any atom is -0.478 e. The molecule has 1 saturated carbocycles. The topological polar surface area (TPSA) is 47.0 Å². The molecule has 0 amide bonds. The fourth-order valence-corrected chi connectivity index (χ4v) is 2.60. The van der Waals surface area contributed by atoms with E-state index in [0.29, 0.717) is 24.5 Å². The molecule has 100 valence electrons. The molecular formula is C14H23N3O. The van der Waals surface area contributed by atoms with Crippen molar-refractivity contribution in [1.82, 2.24) is 9.97 Å². The summed E-state index contributed by atoms with van der Waals surface area (Å²) in [5.74, 6) is 2.11. The average Bonchev–Trinajstić information content (AvgIpc) is 2.81. The second-order valence-electron chi connectivity index (χ2n) is 5.08. The molecule has 1 aliphatic rings. The lowest BCUT2D eigenvalue weighted by Gasteiger charge is -2.20. The minimum absolute atomic E-state index is 0.434. The van der Waals surface area contributed by atoms with Crippen molar-refractivity contribution in [2.45, 2.75) is 52.5 Å². The summed E-state index contributed by atoms with van der Waals surface area (Å²) in [5.41, 5.74) is 0.939. The van der Waals surface area contributed by atoms with Gasteiger partial charge < -0.3 is 10.1 Å². The molecule has 1 aromatic heterocycles. The van der Waals surface area contributed by atoms with Crippen LogP contribution in [0, 0.1) is 12.8 Å². The molecule has 0 radical (unpaired) electrons. The number of nitrogens with zero attached hydrogens (tertiary/aromatic N) is 2.